The summed E-state index contributed by atoms with van der Waals surface area (Å²) in [5.41, 5.74) is 0.449. The summed E-state index contributed by atoms with van der Waals surface area (Å²) in [5.74, 6) is 0. The summed E-state index contributed by atoms with van der Waals surface area (Å²) in [6, 6.07) is 8.61. The van der Waals surface area contributed by atoms with Crippen molar-refractivity contribution in [3.8, 4) is 0 Å². The number of methoxy groups -OCH3 is 1. The number of amides is 2. The fourth-order valence-electron chi connectivity index (χ4n) is 1.49. The molecular formula is C14H22N2O3. The van der Waals surface area contributed by atoms with Crippen molar-refractivity contribution < 1.29 is 14.6 Å². The molecule has 5 heteroatoms. The van der Waals surface area contributed by atoms with E-state index in [4.69, 9.17) is 4.74 Å². The third kappa shape index (κ3) is 5.28. The van der Waals surface area contributed by atoms with Crippen LogP contribution in [0, 0.1) is 0 Å². The molecule has 5 nitrogen and oxygen atoms in total. The first-order chi connectivity index (χ1) is 8.98. The number of rotatable bonds is 6. The number of urea groups is 1. The SMILES string of the molecule is COC(C)(C)CNC(=O)NC(CO)c1ccccc1. The fraction of sp³-hybridized carbons (Fsp3) is 0.500. The summed E-state index contributed by atoms with van der Waals surface area (Å²) in [4.78, 5) is 11.8. The van der Waals surface area contributed by atoms with Gasteiger partial charge in [-0.1, -0.05) is 30.3 Å². The molecule has 1 aromatic carbocycles. The number of carbonyl (C=O) groups is 1. The van der Waals surface area contributed by atoms with Crippen LogP contribution in [0.15, 0.2) is 30.3 Å². The van der Waals surface area contributed by atoms with Crippen LogP contribution in [0.3, 0.4) is 0 Å². The standard InChI is InChI=1S/C14H22N2O3/c1-14(2,19-3)10-15-13(18)16-12(9-17)11-7-5-4-6-8-11/h4-8,12,17H,9-10H2,1-3H3,(H2,15,16,18). The molecule has 0 aliphatic heterocycles. The number of aliphatic hydroxyl groups excluding tert-OH is 1. The molecule has 0 saturated carbocycles. The molecule has 0 aliphatic carbocycles. The molecule has 0 spiro atoms. The van der Waals surface area contributed by atoms with Crippen LogP contribution in [0.2, 0.25) is 0 Å². The molecule has 1 unspecified atom stereocenters. The average molecular weight is 266 g/mol. The van der Waals surface area contributed by atoms with Crippen molar-refractivity contribution in [2.75, 3.05) is 20.3 Å². The van der Waals surface area contributed by atoms with E-state index in [0.717, 1.165) is 5.56 Å². The monoisotopic (exact) mass is 266 g/mol. The Morgan fingerprint density at radius 1 is 1.37 bits per heavy atom. The van der Waals surface area contributed by atoms with Gasteiger partial charge in [0.2, 0.25) is 0 Å². The average Bonchev–Trinajstić information content (AvgIpc) is 2.43. The van der Waals surface area contributed by atoms with Gasteiger partial charge in [-0.25, -0.2) is 4.79 Å². The predicted molar refractivity (Wildman–Crippen MR) is 73.9 cm³/mol. The van der Waals surface area contributed by atoms with Crippen LogP contribution in [0.1, 0.15) is 25.5 Å². The zero-order valence-corrected chi connectivity index (χ0v) is 11.6. The zero-order chi connectivity index (χ0) is 14.3. The summed E-state index contributed by atoms with van der Waals surface area (Å²) in [6.45, 7) is 4.01. The van der Waals surface area contributed by atoms with Gasteiger partial charge in [-0.15, -0.1) is 0 Å². The van der Waals surface area contributed by atoms with Crippen molar-refractivity contribution in [1.82, 2.24) is 10.6 Å². The van der Waals surface area contributed by atoms with Gasteiger partial charge in [-0.2, -0.15) is 0 Å². The second-order valence-electron chi connectivity index (χ2n) is 4.94. The predicted octanol–water partition coefficient (Wildman–Crippen LogP) is 1.44. The lowest BCUT2D eigenvalue weighted by Gasteiger charge is -2.24. The number of carbonyl (C=O) groups excluding carboxylic acids is 1. The van der Waals surface area contributed by atoms with Crippen molar-refractivity contribution in [1.29, 1.82) is 0 Å². The minimum absolute atomic E-state index is 0.148. The molecule has 0 radical (unpaired) electrons. The minimum atomic E-state index is -0.418. The lowest BCUT2D eigenvalue weighted by Crippen LogP contribution is -2.45. The van der Waals surface area contributed by atoms with Crippen LogP contribution >= 0.6 is 0 Å². The first-order valence-corrected chi connectivity index (χ1v) is 6.24. The topological polar surface area (TPSA) is 70.6 Å². The van der Waals surface area contributed by atoms with Gasteiger partial charge >= 0.3 is 6.03 Å². The Kier molecular flexibility index (Phi) is 5.79. The third-order valence-electron chi connectivity index (χ3n) is 2.92. The molecule has 0 fully saturated rings. The van der Waals surface area contributed by atoms with Crippen molar-refractivity contribution in [3.63, 3.8) is 0 Å². The zero-order valence-electron chi connectivity index (χ0n) is 11.6. The van der Waals surface area contributed by atoms with Crippen LogP contribution in [-0.2, 0) is 4.74 Å². The van der Waals surface area contributed by atoms with Gasteiger partial charge in [-0.3, -0.25) is 0 Å². The van der Waals surface area contributed by atoms with Crippen LogP contribution in [0.25, 0.3) is 0 Å². The Labute approximate surface area is 114 Å². The highest BCUT2D eigenvalue weighted by molar-refractivity contribution is 5.74. The summed E-state index contributed by atoms with van der Waals surface area (Å²) >= 11 is 0. The van der Waals surface area contributed by atoms with Gasteiger partial charge in [0, 0.05) is 13.7 Å². The molecule has 0 saturated heterocycles. The number of aliphatic hydroxyl groups is 1. The van der Waals surface area contributed by atoms with Crippen molar-refractivity contribution in [2.45, 2.75) is 25.5 Å². The van der Waals surface area contributed by atoms with Gasteiger partial charge in [-0.05, 0) is 19.4 Å². The Morgan fingerprint density at radius 3 is 2.53 bits per heavy atom. The van der Waals surface area contributed by atoms with Crippen LogP contribution in [0.5, 0.6) is 0 Å². The number of hydrogen-bond acceptors (Lipinski definition) is 3. The molecule has 0 heterocycles. The molecule has 106 valence electrons. The maximum absolute atomic E-state index is 11.8. The van der Waals surface area contributed by atoms with Crippen molar-refractivity contribution >= 4 is 6.03 Å². The first-order valence-electron chi connectivity index (χ1n) is 6.24. The van der Waals surface area contributed by atoms with Gasteiger partial charge < -0.3 is 20.5 Å². The largest absolute Gasteiger partial charge is 0.394 e. The summed E-state index contributed by atoms with van der Waals surface area (Å²) < 4.78 is 5.21. The molecular weight excluding hydrogens is 244 g/mol. The highest BCUT2D eigenvalue weighted by Gasteiger charge is 2.19. The molecule has 19 heavy (non-hydrogen) atoms. The number of ether oxygens (including phenoxy) is 1. The minimum Gasteiger partial charge on any atom is -0.394 e. The molecule has 2 amide bonds. The fourth-order valence-corrected chi connectivity index (χ4v) is 1.49. The summed E-state index contributed by atoms with van der Waals surface area (Å²) in [6.07, 6.45) is 0. The van der Waals surface area contributed by atoms with Gasteiger partial charge in [0.25, 0.3) is 0 Å². The molecule has 1 rings (SSSR count). The first kappa shape index (κ1) is 15.5. The van der Waals surface area contributed by atoms with Crippen LogP contribution in [0.4, 0.5) is 4.79 Å². The normalized spacial score (nSPS) is 12.8. The summed E-state index contributed by atoms with van der Waals surface area (Å²) in [7, 11) is 1.60. The van der Waals surface area contributed by atoms with E-state index in [1.165, 1.54) is 0 Å². The van der Waals surface area contributed by atoms with Crippen molar-refractivity contribution in [2.24, 2.45) is 0 Å². The van der Waals surface area contributed by atoms with Crippen LogP contribution < -0.4 is 10.6 Å². The van der Waals surface area contributed by atoms with E-state index < -0.39 is 11.6 Å². The van der Waals surface area contributed by atoms with Crippen molar-refractivity contribution in [3.05, 3.63) is 35.9 Å². The molecule has 3 N–H and O–H groups in total. The number of nitrogens with one attached hydrogen (secondary N) is 2. The smallest absolute Gasteiger partial charge is 0.315 e. The second kappa shape index (κ2) is 7.11. The van der Waals surface area contributed by atoms with Gasteiger partial charge in [0.1, 0.15) is 0 Å². The second-order valence-corrected chi connectivity index (χ2v) is 4.94. The van der Waals surface area contributed by atoms with E-state index in [2.05, 4.69) is 10.6 Å². The highest BCUT2D eigenvalue weighted by atomic mass is 16.5. The van der Waals surface area contributed by atoms with Gasteiger partial charge in [0.05, 0.1) is 18.2 Å². The lowest BCUT2D eigenvalue weighted by atomic mass is 10.1. The van der Waals surface area contributed by atoms with E-state index in [-0.39, 0.29) is 12.6 Å². The van der Waals surface area contributed by atoms with E-state index in [0.29, 0.717) is 6.54 Å². The van der Waals surface area contributed by atoms with E-state index in [9.17, 15) is 9.90 Å². The number of hydrogen-bond donors (Lipinski definition) is 3. The maximum atomic E-state index is 11.8. The number of benzene rings is 1. The summed E-state index contributed by atoms with van der Waals surface area (Å²) in [5, 5.41) is 14.8. The molecule has 0 bridgehead atoms. The Hall–Kier alpha value is -1.59. The van der Waals surface area contributed by atoms with E-state index >= 15 is 0 Å². The Balaban J connectivity index is 2.51. The Bertz CT molecular complexity index is 393. The van der Waals surface area contributed by atoms with Crippen LogP contribution in [-0.4, -0.2) is 37.0 Å². The lowest BCUT2D eigenvalue weighted by molar-refractivity contribution is 0.0252. The molecule has 1 aromatic rings. The van der Waals surface area contributed by atoms with E-state index in [1.807, 2.05) is 44.2 Å². The quantitative estimate of drug-likeness (QED) is 0.729. The maximum Gasteiger partial charge on any atom is 0.315 e. The molecule has 0 aliphatic rings. The third-order valence-corrected chi connectivity index (χ3v) is 2.92. The van der Waals surface area contributed by atoms with Gasteiger partial charge in [0.15, 0.2) is 0 Å². The Morgan fingerprint density at radius 2 is 2.00 bits per heavy atom. The molecule has 1 atom stereocenters. The van der Waals surface area contributed by atoms with E-state index in [1.54, 1.807) is 7.11 Å². The molecule has 0 aromatic heterocycles. The highest BCUT2D eigenvalue weighted by Crippen LogP contribution is 2.11.